The summed E-state index contributed by atoms with van der Waals surface area (Å²) in [5, 5.41) is 2.67. The van der Waals surface area contributed by atoms with Gasteiger partial charge in [-0.05, 0) is 24.7 Å². The summed E-state index contributed by atoms with van der Waals surface area (Å²) in [6.45, 7) is 7.96. The fourth-order valence-electron chi connectivity index (χ4n) is 1.72. The van der Waals surface area contributed by atoms with E-state index in [0.717, 1.165) is 0 Å². The Bertz CT molecular complexity index is 277. The molecule has 18 heavy (non-hydrogen) atoms. The molecule has 0 aromatic carbocycles. The van der Waals surface area contributed by atoms with Crippen LogP contribution in [-0.4, -0.2) is 31.1 Å². The molecule has 106 valence electrons. The van der Waals surface area contributed by atoms with Crippen molar-refractivity contribution < 1.29 is 14.3 Å². The van der Waals surface area contributed by atoms with Crippen molar-refractivity contribution in [2.75, 3.05) is 7.11 Å². The van der Waals surface area contributed by atoms with Crippen LogP contribution in [0.4, 0.5) is 0 Å². The molecule has 5 nitrogen and oxygen atoms in total. The van der Waals surface area contributed by atoms with Crippen LogP contribution in [0.15, 0.2) is 0 Å². The summed E-state index contributed by atoms with van der Waals surface area (Å²) in [5.41, 5.74) is 5.77. The Balaban J connectivity index is 4.47. The highest BCUT2D eigenvalue weighted by Crippen LogP contribution is 2.08. The van der Waals surface area contributed by atoms with Gasteiger partial charge in [-0.15, -0.1) is 0 Å². The SMILES string of the molecule is COC(=O)C(CC(C)C)NC(=O)[C@@H](N)CC(C)C. The molecule has 1 amide bonds. The van der Waals surface area contributed by atoms with Crippen molar-refractivity contribution in [3.05, 3.63) is 0 Å². The number of amides is 1. The summed E-state index contributed by atoms with van der Waals surface area (Å²) < 4.78 is 4.68. The van der Waals surface area contributed by atoms with Crippen LogP contribution in [0.25, 0.3) is 0 Å². The third kappa shape index (κ3) is 6.59. The number of carbonyl (C=O) groups is 2. The first-order valence-corrected chi connectivity index (χ1v) is 6.41. The van der Waals surface area contributed by atoms with Crippen molar-refractivity contribution in [3.63, 3.8) is 0 Å². The highest BCUT2D eigenvalue weighted by molar-refractivity contribution is 5.87. The Kier molecular flexibility index (Phi) is 7.59. The average Bonchev–Trinajstić information content (AvgIpc) is 2.25. The standard InChI is InChI=1S/C13H26N2O3/c1-8(2)6-10(14)12(16)15-11(7-9(3)4)13(17)18-5/h8-11H,6-7,14H2,1-5H3,(H,15,16)/t10-,11?/m0/s1. The minimum absolute atomic E-state index is 0.288. The normalized spacial score (nSPS) is 14.4. The van der Waals surface area contributed by atoms with Crippen LogP contribution in [0.3, 0.4) is 0 Å². The van der Waals surface area contributed by atoms with Gasteiger partial charge in [0.25, 0.3) is 0 Å². The maximum atomic E-state index is 11.8. The van der Waals surface area contributed by atoms with Gasteiger partial charge in [0.05, 0.1) is 13.2 Å². The van der Waals surface area contributed by atoms with E-state index in [0.29, 0.717) is 18.8 Å². The van der Waals surface area contributed by atoms with E-state index < -0.39 is 18.1 Å². The van der Waals surface area contributed by atoms with Crippen molar-refractivity contribution in [1.82, 2.24) is 5.32 Å². The van der Waals surface area contributed by atoms with Gasteiger partial charge in [0.1, 0.15) is 6.04 Å². The van der Waals surface area contributed by atoms with Crippen LogP contribution in [0.1, 0.15) is 40.5 Å². The van der Waals surface area contributed by atoms with Gasteiger partial charge >= 0.3 is 5.97 Å². The number of nitrogens with one attached hydrogen (secondary N) is 1. The molecule has 0 aliphatic carbocycles. The maximum Gasteiger partial charge on any atom is 0.328 e. The predicted octanol–water partition coefficient (Wildman–Crippen LogP) is 1.06. The van der Waals surface area contributed by atoms with Gasteiger partial charge < -0.3 is 15.8 Å². The first kappa shape index (κ1) is 16.9. The summed E-state index contributed by atoms with van der Waals surface area (Å²) in [6.07, 6.45) is 1.15. The molecule has 0 saturated carbocycles. The second-order valence-corrected chi connectivity index (χ2v) is 5.45. The molecule has 0 radical (unpaired) electrons. The Hall–Kier alpha value is -1.10. The summed E-state index contributed by atoms with van der Waals surface area (Å²) in [5.74, 6) is -0.0864. The molecule has 0 aliphatic rings. The molecule has 0 aromatic rings. The summed E-state index contributed by atoms with van der Waals surface area (Å²) in [4.78, 5) is 23.4. The van der Waals surface area contributed by atoms with E-state index >= 15 is 0 Å². The lowest BCUT2D eigenvalue weighted by Gasteiger charge is -2.21. The molecule has 0 aliphatic heterocycles. The number of methoxy groups -OCH3 is 1. The number of carbonyl (C=O) groups excluding carboxylic acids is 2. The summed E-state index contributed by atoms with van der Waals surface area (Å²) >= 11 is 0. The number of rotatable bonds is 7. The molecule has 5 heteroatoms. The number of ether oxygens (including phenoxy) is 1. The van der Waals surface area contributed by atoms with Crippen LogP contribution in [0.5, 0.6) is 0 Å². The lowest BCUT2D eigenvalue weighted by molar-refractivity contribution is -0.145. The van der Waals surface area contributed by atoms with Gasteiger partial charge in [0.2, 0.25) is 5.91 Å². The first-order chi connectivity index (χ1) is 8.27. The zero-order valence-corrected chi connectivity index (χ0v) is 12.0. The van der Waals surface area contributed by atoms with E-state index in [2.05, 4.69) is 10.1 Å². The Morgan fingerprint density at radius 3 is 2.00 bits per heavy atom. The molecule has 0 bridgehead atoms. The van der Waals surface area contributed by atoms with Crippen LogP contribution in [0, 0.1) is 11.8 Å². The van der Waals surface area contributed by atoms with Crippen molar-refractivity contribution in [2.24, 2.45) is 17.6 Å². The van der Waals surface area contributed by atoms with Crippen molar-refractivity contribution in [3.8, 4) is 0 Å². The second kappa shape index (κ2) is 8.08. The Morgan fingerprint density at radius 2 is 1.61 bits per heavy atom. The number of nitrogens with two attached hydrogens (primary N) is 1. The van der Waals surface area contributed by atoms with Gasteiger partial charge in [0, 0.05) is 0 Å². The van der Waals surface area contributed by atoms with E-state index in [-0.39, 0.29) is 11.8 Å². The highest BCUT2D eigenvalue weighted by Gasteiger charge is 2.25. The van der Waals surface area contributed by atoms with Crippen molar-refractivity contribution >= 4 is 11.9 Å². The predicted molar refractivity (Wildman–Crippen MR) is 70.8 cm³/mol. The zero-order valence-electron chi connectivity index (χ0n) is 12.0. The molecule has 0 aromatic heterocycles. The maximum absolute atomic E-state index is 11.8. The fourth-order valence-corrected chi connectivity index (χ4v) is 1.72. The number of hydrogen-bond acceptors (Lipinski definition) is 4. The van der Waals surface area contributed by atoms with Crippen molar-refractivity contribution in [2.45, 2.75) is 52.6 Å². The summed E-state index contributed by atoms with van der Waals surface area (Å²) in [6, 6.07) is -1.19. The topological polar surface area (TPSA) is 81.4 Å². The van der Waals surface area contributed by atoms with Crippen LogP contribution in [-0.2, 0) is 14.3 Å². The number of esters is 1. The second-order valence-electron chi connectivity index (χ2n) is 5.45. The van der Waals surface area contributed by atoms with E-state index in [1.54, 1.807) is 0 Å². The van der Waals surface area contributed by atoms with Gasteiger partial charge in [-0.25, -0.2) is 4.79 Å². The van der Waals surface area contributed by atoms with E-state index in [1.165, 1.54) is 7.11 Å². The molecule has 0 rings (SSSR count). The molecule has 0 fully saturated rings. The lowest BCUT2D eigenvalue weighted by Crippen LogP contribution is -2.49. The average molecular weight is 258 g/mol. The molecule has 0 spiro atoms. The largest absolute Gasteiger partial charge is 0.467 e. The van der Waals surface area contributed by atoms with Gasteiger partial charge in [-0.1, -0.05) is 27.7 Å². The quantitative estimate of drug-likeness (QED) is 0.669. The summed E-state index contributed by atoms with van der Waals surface area (Å²) in [7, 11) is 1.32. The van der Waals surface area contributed by atoms with Gasteiger partial charge in [-0.3, -0.25) is 4.79 Å². The Morgan fingerprint density at radius 1 is 1.11 bits per heavy atom. The molecule has 1 unspecified atom stereocenters. The third-order valence-corrected chi connectivity index (χ3v) is 2.57. The van der Waals surface area contributed by atoms with Crippen LogP contribution in [0.2, 0.25) is 0 Å². The monoisotopic (exact) mass is 258 g/mol. The van der Waals surface area contributed by atoms with Crippen molar-refractivity contribution in [1.29, 1.82) is 0 Å². The lowest BCUT2D eigenvalue weighted by atomic mass is 10.0. The highest BCUT2D eigenvalue weighted by atomic mass is 16.5. The molecule has 2 atom stereocenters. The van der Waals surface area contributed by atoms with Gasteiger partial charge in [0.15, 0.2) is 0 Å². The molecule has 0 saturated heterocycles. The smallest absolute Gasteiger partial charge is 0.328 e. The first-order valence-electron chi connectivity index (χ1n) is 6.41. The molecule has 0 heterocycles. The number of hydrogen-bond donors (Lipinski definition) is 2. The van der Waals surface area contributed by atoms with E-state index in [9.17, 15) is 9.59 Å². The zero-order chi connectivity index (χ0) is 14.3. The molecule has 3 N–H and O–H groups in total. The Labute approximate surface area is 109 Å². The van der Waals surface area contributed by atoms with Gasteiger partial charge in [-0.2, -0.15) is 0 Å². The van der Waals surface area contributed by atoms with E-state index in [1.807, 2.05) is 27.7 Å². The van der Waals surface area contributed by atoms with Crippen LogP contribution < -0.4 is 11.1 Å². The fraction of sp³-hybridized carbons (Fsp3) is 0.846. The van der Waals surface area contributed by atoms with E-state index in [4.69, 9.17) is 5.73 Å². The minimum Gasteiger partial charge on any atom is -0.467 e. The molecular formula is C13H26N2O3. The van der Waals surface area contributed by atoms with Crippen LogP contribution >= 0.6 is 0 Å². The minimum atomic E-state index is -0.610. The molecular weight excluding hydrogens is 232 g/mol. The third-order valence-electron chi connectivity index (χ3n) is 2.57.